The van der Waals surface area contributed by atoms with Gasteiger partial charge in [-0.05, 0) is 46.3 Å². The Kier molecular flexibility index (Phi) is 4.40. The lowest BCUT2D eigenvalue weighted by atomic mass is 10.2. The summed E-state index contributed by atoms with van der Waals surface area (Å²) in [5.41, 5.74) is 3.12. The zero-order chi connectivity index (χ0) is 16.4. The highest BCUT2D eigenvalue weighted by Gasteiger charge is 2.15. The van der Waals surface area contributed by atoms with Gasteiger partial charge in [0.1, 0.15) is 5.75 Å². The van der Waals surface area contributed by atoms with Crippen LogP contribution in [0.2, 0.25) is 5.02 Å². The zero-order valence-corrected chi connectivity index (χ0v) is 13.9. The zero-order valence-electron chi connectivity index (χ0n) is 11.5. The molecule has 23 heavy (non-hydrogen) atoms. The van der Waals surface area contributed by atoms with Crippen molar-refractivity contribution in [2.75, 3.05) is 6.79 Å². The van der Waals surface area contributed by atoms with E-state index in [1.165, 1.54) is 12.3 Å². The largest absolute Gasteiger partial charge is 0.506 e. The third-order valence-corrected chi connectivity index (χ3v) is 3.88. The number of ether oxygens (including phenoxy) is 2. The molecule has 0 atom stereocenters. The molecule has 1 amide bonds. The molecule has 0 aromatic heterocycles. The number of fused-ring (bicyclic) bond motifs is 1. The monoisotopic (exact) mass is 396 g/mol. The molecule has 2 N–H and O–H groups in total. The molecule has 2 aromatic carbocycles. The van der Waals surface area contributed by atoms with Crippen LogP contribution in [0.1, 0.15) is 15.9 Å². The number of phenolic OH excluding ortho intramolecular Hbond substituents is 1. The lowest BCUT2D eigenvalue weighted by molar-refractivity contribution is 0.0954. The van der Waals surface area contributed by atoms with Gasteiger partial charge in [-0.3, -0.25) is 4.79 Å². The summed E-state index contributed by atoms with van der Waals surface area (Å²) >= 11 is 9.07. The standard InChI is InChI=1S/C15H10BrClN2O4/c16-11-5-10(17)3-9(14(11)20)6-18-19-15(21)8-1-2-12-13(4-8)23-7-22-12/h1-6,20H,7H2,(H,19,21). The minimum atomic E-state index is -0.417. The summed E-state index contributed by atoms with van der Waals surface area (Å²) in [4.78, 5) is 12.0. The van der Waals surface area contributed by atoms with Crippen LogP contribution < -0.4 is 14.9 Å². The maximum atomic E-state index is 12.0. The van der Waals surface area contributed by atoms with Gasteiger partial charge in [-0.1, -0.05) is 11.6 Å². The number of rotatable bonds is 3. The number of carbonyl (C=O) groups is 1. The molecule has 0 spiro atoms. The molecule has 1 aliphatic rings. The molecular formula is C15H10BrClN2O4. The maximum absolute atomic E-state index is 12.0. The third-order valence-electron chi connectivity index (χ3n) is 3.06. The Bertz CT molecular complexity index is 810. The van der Waals surface area contributed by atoms with E-state index in [0.29, 0.717) is 32.1 Å². The normalized spacial score (nSPS) is 12.6. The fourth-order valence-corrected chi connectivity index (χ4v) is 2.78. The Hall–Kier alpha value is -2.25. The van der Waals surface area contributed by atoms with Gasteiger partial charge in [0.05, 0.1) is 10.7 Å². The molecule has 118 valence electrons. The number of benzene rings is 2. The van der Waals surface area contributed by atoms with Crippen molar-refractivity contribution in [1.29, 1.82) is 0 Å². The fourth-order valence-electron chi connectivity index (χ4n) is 1.95. The second-order valence-corrected chi connectivity index (χ2v) is 5.88. The number of phenols is 1. The van der Waals surface area contributed by atoms with Gasteiger partial charge in [0.2, 0.25) is 6.79 Å². The molecule has 0 aliphatic carbocycles. The van der Waals surface area contributed by atoms with Crippen molar-refractivity contribution in [3.63, 3.8) is 0 Å². The fraction of sp³-hybridized carbons (Fsp3) is 0.0667. The number of nitrogens with zero attached hydrogens (tertiary/aromatic N) is 1. The lowest BCUT2D eigenvalue weighted by Crippen LogP contribution is -2.17. The van der Waals surface area contributed by atoms with Gasteiger partial charge in [0, 0.05) is 16.1 Å². The molecule has 1 aliphatic heterocycles. The first-order valence-corrected chi connectivity index (χ1v) is 7.63. The van der Waals surface area contributed by atoms with Gasteiger partial charge in [-0.2, -0.15) is 5.10 Å². The molecule has 0 bridgehead atoms. The molecule has 6 nitrogen and oxygen atoms in total. The van der Waals surface area contributed by atoms with E-state index in [0.717, 1.165) is 0 Å². The number of hydrazone groups is 1. The van der Waals surface area contributed by atoms with Gasteiger partial charge >= 0.3 is 0 Å². The summed E-state index contributed by atoms with van der Waals surface area (Å²) in [6, 6.07) is 7.91. The van der Waals surface area contributed by atoms with Crippen LogP contribution in [0, 0.1) is 0 Å². The van der Waals surface area contributed by atoms with E-state index in [9.17, 15) is 9.90 Å². The highest BCUT2D eigenvalue weighted by atomic mass is 79.9. The van der Waals surface area contributed by atoms with E-state index in [-0.39, 0.29) is 12.5 Å². The number of aromatic hydroxyl groups is 1. The Morgan fingerprint density at radius 3 is 2.91 bits per heavy atom. The average molecular weight is 398 g/mol. The Labute approximate surface area is 144 Å². The predicted octanol–water partition coefficient (Wildman–Crippen LogP) is 3.30. The molecule has 8 heteroatoms. The quantitative estimate of drug-likeness (QED) is 0.615. The second-order valence-electron chi connectivity index (χ2n) is 4.59. The van der Waals surface area contributed by atoms with Crippen molar-refractivity contribution in [1.82, 2.24) is 5.43 Å². The van der Waals surface area contributed by atoms with Crippen molar-refractivity contribution in [3.8, 4) is 17.2 Å². The number of carbonyl (C=O) groups excluding carboxylic acids is 1. The number of amides is 1. The van der Waals surface area contributed by atoms with Crippen LogP contribution in [0.15, 0.2) is 39.9 Å². The van der Waals surface area contributed by atoms with Crippen molar-refractivity contribution < 1.29 is 19.4 Å². The van der Waals surface area contributed by atoms with E-state index in [2.05, 4.69) is 26.5 Å². The van der Waals surface area contributed by atoms with E-state index in [1.54, 1.807) is 24.3 Å². The Morgan fingerprint density at radius 1 is 1.30 bits per heavy atom. The number of halogens is 2. The van der Waals surface area contributed by atoms with E-state index in [4.69, 9.17) is 21.1 Å². The van der Waals surface area contributed by atoms with Crippen molar-refractivity contribution in [2.24, 2.45) is 5.10 Å². The van der Waals surface area contributed by atoms with E-state index >= 15 is 0 Å². The Morgan fingerprint density at radius 2 is 2.09 bits per heavy atom. The molecular weight excluding hydrogens is 388 g/mol. The first kappa shape index (κ1) is 15.6. The summed E-state index contributed by atoms with van der Waals surface area (Å²) in [6.07, 6.45) is 1.30. The molecule has 1 heterocycles. The highest BCUT2D eigenvalue weighted by molar-refractivity contribution is 9.10. The predicted molar refractivity (Wildman–Crippen MR) is 88.4 cm³/mol. The number of hydrogen-bond donors (Lipinski definition) is 2. The van der Waals surface area contributed by atoms with Crippen LogP contribution in [0.5, 0.6) is 17.2 Å². The molecule has 0 saturated carbocycles. The van der Waals surface area contributed by atoms with E-state index < -0.39 is 5.91 Å². The van der Waals surface area contributed by atoms with Gasteiger partial charge in [-0.15, -0.1) is 0 Å². The van der Waals surface area contributed by atoms with Crippen molar-refractivity contribution in [2.45, 2.75) is 0 Å². The molecule has 0 radical (unpaired) electrons. The topological polar surface area (TPSA) is 80.2 Å². The van der Waals surface area contributed by atoms with Crippen LogP contribution in [0.25, 0.3) is 0 Å². The first-order chi connectivity index (χ1) is 11.0. The van der Waals surface area contributed by atoms with Crippen LogP contribution in [-0.2, 0) is 0 Å². The van der Waals surface area contributed by atoms with Gasteiger partial charge in [0.15, 0.2) is 11.5 Å². The number of hydrogen-bond acceptors (Lipinski definition) is 5. The van der Waals surface area contributed by atoms with E-state index in [1.807, 2.05) is 0 Å². The summed E-state index contributed by atoms with van der Waals surface area (Å²) in [7, 11) is 0. The number of nitrogens with one attached hydrogen (secondary N) is 1. The minimum Gasteiger partial charge on any atom is -0.506 e. The molecule has 2 aromatic rings. The molecule has 0 saturated heterocycles. The second kappa shape index (κ2) is 6.47. The third kappa shape index (κ3) is 3.40. The minimum absolute atomic E-state index is 0.0181. The molecule has 3 rings (SSSR count). The van der Waals surface area contributed by atoms with Crippen molar-refractivity contribution in [3.05, 3.63) is 51.0 Å². The maximum Gasteiger partial charge on any atom is 0.271 e. The van der Waals surface area contributed by atoms with Crippen LogP contribution in [-0.4, -0.2) is 24.0 Å². The summed E-state index contributed by atoms with van der Waals surface area (Å²) in [6.45, 7) is 0.140. The van der Waals surface area contributed by atoms with Crippen molar-refractivity contribution >= 4 is 39.7 Å². The summed E-state index contributed by atoms with van der Waals surface area (Å²) in [5.74, 6) is 0.674. The van der Waals surface area contributed by atoms with Gasteiger partial charge in [0.25, 0.3) is 5.91 Å². The Balaban J connectivity index is 1.72. The van der Waals surface area contributed by atoms with Gasteiger partial charge in [-0.25, -0.2) is 5.43 Å². The van der Waals surface area contributed by atoms with Gasteiger partial charge < -0.3 is 14.6 Å². The van der Waals surface area contributed by atoms with Crippen LogP contribution >= 0.6 is 27.5 Å². The van der Waals surface area contributed by atoms with Crippen LogP contribution in [0.3, 0.4) is 0 Å². The summed E-state index contributed by atoms with van der Waals surface area (Å²) in [5, 5.41) is 14.1. The molecule has 0 unspecified atom stereocenters. The molecule has 0 fully saturated rings. The lowest BCUT2D eigenvalue weighted by Gasteiger charge is -2.03. The average Bonchev–Trinajstić information content (AvgIpc) is 2.99. The van der Waals surface area contributed by atoms with Crippen LogP contribution in [0.4, 0.5) is 0 Å². The first-order valence-electron chi connectivity index (χ1n) is 6.45. The SMILES string of the molecule is O=C(NN=Cc1cc(Cl)cc(Br)c1O)c1ccc2c(c1)OCO2. The highest BCUT2D eigenvalue weighted by Crippen LogP contribution is 2.32. The smallest absolute Gasteiger partial charge is 0.271 e. The summed E-state index contributed by atoms with van der Waals surface area (Å²) < 4.78 is 10.8.